The molecule has 0 saturated heterocycles. The molecule has 100 valence electrons. The summed E-state index contributed by atoms with van der Waals surface area (Å²) in [6.45, 7) is 0. The number of halogens is 1. The van der Waals surface area contributed by atoms with Crippen molar-refractivity contribution in [3.8, 4) is 0 Å². The third-order valence-electron chi connectivity index (χ3n) is 2.22. The molecule has 0 fully saturated rings. The lowest BCUT2D eigenvalue weighted by Crippen LogP contribution is -2.09. The fourth-order valence-electron chi connectivity index (χ4n) is 1.43. The predicted molar refractivity (Wildman–Crippen MR) is 77.3 cm³/mol. The Morgan fingerprint density at radius 2 is 2.00 bits per heavy atom. The maximum atomic E-state index is 10.5. The number of nitrogen functional groups attached to an aromatic ring is 1. The van der Waals surface area contributed by atoms with Crippen LogP contribution in [-0.2, 0) is 0 Å². The summed E-state index contributed by atoms with van der Waals surface area (Å²) in [4.78, 5) is 17.2. The Morgan fingerprint density at radius 1 is 1.32 bits per heavy atom. The van der Waals surface area contributed by atoms with Crippen molar-refractivity contribution in [2.75, 3.05) is 11.1 Å². The highest BCUT2D eigenvalue weighted by Crippen LogP contribution is 2.16. The van der Waals surface area contributed by atoms with Gasteiger partial charge in [-0.1, -0.05) is 36.4 Å². The first-order valence-corrected chi connectivity index (χ1v) is 5.23. The van der Waals surface area contributed by atoms with Crippen LogP contribution in [0.3, 0.4) is 0 Å². The van der Waals surface area contributed by atoms with E-state index in [4.69, 9.17) is 10.8 Å². The van der Waals surface area contributed by atoms with Crippen molar-refractivity contribution in [3.63, 3.8) is 0 Å². The molecular formula is C12H13ClN4O2. The van der Waals surface area contributed by atoms with Crippen LogP contribution in [0.5, 0.6) is 0 Å². The summed E-state index contributed by atoms with van der Waals surface area (Å²) in [6, 6.07) is 9.66. The second kappa shape index (κ2) is 6.46. The van der Waals surface area contributed by atoms with Crippen molar-refractivity contribution >= 4 is 42.3 Å². The second-order valence-electron chi connectivity index (χ2n) is 3.56. The van der Waals surface area contributed by atoms with Crippen LogP contribution in [0, 0.1) is 0 Å². The first-order valence-electron chi connectivity index (χ1n) is 5.23. The number of nitrogens with two attached hydrogens (primary N) is 1. The third-order valence-corrected chi connectivity index (χ3v) is 2.22. The van der Waals surface area contributed by atoms with E-state index < -0.39 is 6.09 Å². The molecule has 0 bridgehead atoms. The first kappa shape index (κ1) is 14.6. The maximum Gasteiger partial charge on any atom is 0.410 e. The molecule has 1 heterocycles. The molecule has 1 amide bonds. The Labute approximate surface area is 115 Å². The van der Waals surface area contributed by atoms with E-state index >= 15 is 0 Å². The van der Waals surface area contributed by atoms with Crippen LogP contribution in [0.15, 0.2) is 30.3 Å². The highest BCUT2D eigenvalue weighted by atomic mass is 35.5. The molecule has 6 nitrogen and oxygen atoms in total. The number of anilines is 2. The normalized spacial score (nSPS) is 10.1. The van der Waals surface area contributed by atoms with Crippen molar-refractivity contribution in [2.45, 2.75) is 0 Å². The van der Waals surface area contributed by atoms with Crippen LogP contribution in [0.2, 0.25) is 0 Å². The summed E-state index contributed by atoms with van der Waals surface area (Å²) in [7, 11) is 0. The van der Waals surface area contributed by atoms with Gasteiger partial charge in [0.05, 0.1) is 0 Å². The summed E-state index contributed by atoms with van der Waals surface area (Å²) in [5.41, 5.74) is 6.57. The molecule has 0 aliphatic carbocycles. The van der Waals surface area contributed by atoms with Gasteiger partial charge in [-0.2, -0.15) is 0 Å². The van der Waals surface area contributed by atoms with Gasteiger partial charge < -0.3 is 15.8 Å². The minimum atomic E-state index is -1.19. The SMILES string of the molecule is Cl.Nc1nc(/C=C/c2ccccc2)[nH]c1NC(=O)O. The minimum absolute atomic E-state index is 0. The number of aromatic nitrogens is 2. The molecule has 1 aromatic heterocycles. The number of carboxylic acid groups (broad SMARTS) is 1. The fourth-order valence-corrected chi connectivity index (χ4v) is 1.43. The summed E-state index contributed by atoms with van der Waals surface area (Å²) in [5.74, 6) is 0.778. The molecular weight excluding hydrogens is 268 g/mol. The van der Waals surface area contributed by atoms with Crippen LogP contribution < -0.4 is 11.1 Å². The lowest BCUT2D eigenvalue weighted by molar-refractivity contribution is 0.209. The lowest BCUT2D eigenvalue weighted by Gasteiger charge is -1.95. The topological polar surface area (TPSA) is 104 Å². The number of benzene rings is 1. The molecule has 2 aromatic rings. The molecule has 19 heavy (non-hydrogen) atoms. The molecule has 5 N–H and O–H groups in total. The number of amides is 1. The molecule has 1 aromatic carbocycles. The molecule has 0 radical (unpaired) electrons. The predicted octanol–water partition coefficient (Wildman–Crippen LogP) is 2.67. The smallest absolute Gasteiger partial charge is 0.410 e. The highest BCUT2D eigenvalue weighted by molar-refractivity contribution is 5.86. The van der Waals surface area contributed by atoms with Gasteiger partial charge in [0.1, 0.15) is 5.82 Å². The average Bonchev–Trinajstić information content (AvgIpc) is 2.68. The van der Waals surface area contributed by atoms with Crippen LogP contribution in [0.4, 0.5) is 16.4 Å². The van der Waals surface area contributed by atoms with Gasteiger partial charge in [-0.15, -0.1) is 12.4 Å². The van der Waals surface area contributed by atoms with E-state index in [0.29, 0.717) is 5.82 Å². The Hall–Kier alpha value is -2.47. The van der Waals surface area contributed by atoms with Gasteiger partial charge in [-0.05, 0) is 11.6 Å². The van der Waals surface area contributed by atoms with Crippen molar-refractivity contribution in [1.29, 1.82) is 0 Å². The minimum Gasteiger partial charge on any atom is -0.465 e. The number of aromatic amines is 1. The molecule has 0 saturated carbocycles. The summed E-state index contributed by atoms with van der Waals surface area (Å²) in [5, 5.41) is 10.7. The third kappa shape index (κ3) is 4.04. The van der Waals surface area contributed by atoms with Gasteiger partial charge in [0.15, 0.2) is 11.6 Å². The van der Waals surface area contributed by atoms with Crippen molar-refractivity contribution in [1.82, 2.24) is 9.97 Å². The van der Waals surface area contributed by atoms with E-state index in [2.05, 4.69) is 15.3 Å². The first-order chi connectivity index (χ1) is 8.65. The summed E-state index contributed by atoms with van der Waals surface area (Å²) >= 11 is 0. The molecule has 0 unspecified atom stereocenters. The van der Waals surface area contributed by atoms with E-state index in [9.17, 15) is 4.79 Å². The summed E-state index contributed by atoms with van der Waals surface area (Å²) in [6.07, 6.45) is 2.38. The van der Waals surface area contributed by atoms with Gasteiger partial charge >= 0.3 is 6.09 Å². The van der Waals surface area contributed by atoms with E-state index in [-0.39, 0.29) is 24.0 Å². The second-order valence-corrected chi connectivity index (χ2v) is 3.56. The molecule has 7 heteroatoms. The number of hydrogen-bond donors (Lipinski definition) is 4. The number of nitrogens with one attached hydrogen (secondary N) is 2. The van der Waals surface area contributed by atoms with Crippen molar-refractivity contribution in [2.24, 2.45) is 0 Å². The van der Waals surface area contributed by atoms with Gasteiger partial charge in [0.25, 0.3) is 0 Å². The zero-order chi connectivity index (χ0) is 13.0. The Morgan fingerprint density at radius 3 is 2.63 bits per heavy atom. The molecule has 0 aliphatic rings. The van der Waals surface area contributed by atoms with E-state index in [0.717, 1.165) is 5.56 Å². The van der Waals surface area contributed by atoms with Gasteiger partial charge in [-0.25, -0.2) is 9.78 Å². The number of nitrogens with zero attached hydrogens (tertiary/aromatic N) is 1. The number of hydrogen-bond acceptors (Lipinski definition) is 3. The van der Waals surface area contributed by atoms with E-state index in [1.54, 1.807) is 6.08 Å². The van der Waals surface area contributed by atoms with Crippen LogP contribution in [0.25, 0.3) is 12.2 Å². The van der Waals surface area contributed by atoms with Crippen LogP contribution in [-0.4, -0.2) is 21.2 Å². The van der Waals surface area contributed by atoms with Crippen molar-refractivity contribution in [3.05, 3.63) is 41.7 Å². The quantitative estimate of drug-likeness (QED) is 0.694. The Balaban J connectivity index is 0.00000180. The number of imidazole rings is 1. The lowest BCUT2D eigenvalue weighted by atomic mass is 10.2. The maximum absolute atomic E-state index is 10.5. The van der Waals surface area contributed by atoms with E-state index in [1.165, 1.54) is 0 Å². The van der Waals surface area contributed by atoms with Crippen LogP contribution in [0.1, 0.15) is 11.4 Å². The van der Waals surface area contributed by atoms with Crippen molar-refractivity contribution < 1.29 is 9.90 Å². The number of carbonyl (C=O) groups is 1. The Bertz CT molecular complexity index is 581. The zero-order valence-electron chi connectivity index (χ0n) is 9.83. The molecule has 0 aliphatic heterocycles. The monoisotopic (exact) mass is 280 g/mol. The van der Waals surface area contributed by atoms with E-state index in [1.807, 2.05) is 36.4 Å². The standard InChI is InChI=1S/C12H12N4O2.ClH/c13-10-11(16-12(17)18)15-9(14-10)7-6-8-4-2-1-3-5-8;/h1-7,16H,13H2,(H,14,15)(H,17,18);1H/b7-6+;. The fraction of sp³-hybridized carbons (Fsp3) is 0. The average molecular weight is 281 g/mol. The zero-order valence-corrected chi connectivity index (χ0v) is 10.6. The van der Waals surface area contributed by atoms with Gasteiger partial charge in [-0.3, -0.25) is 5.32 Å². The van der Waals surface area contributed by atoms with Gasteiger partial charge in [0.2, 0.25) is 0 Å². The van der Waals surface area contributed by atoms with Gasteiger partial charge in [0, 0.05) is 0 Å². The Kier molecular flexibility index (Phi) is 4.96. The number of H-pyrrole nitrogens is 1. The molecule has 0 atom stereocenters. The van der Waals surface area contributed by atoms with Crippen LogP contribution >= 0.6 is 12.4 Å². The molecule has 0 spiro atoms. The number of rotatable bonds is 3. The molecule has 2 rings (SSSR count). The largest absolute Gasteiger partial charge is 0.465 e. The summed E-state index contributed by atoms with van der Waals surface area (Å²) < 4.78 is 0. The highest BCUT2D eigenvalue weighted by Gasteiger charge is 2.07.